The van der Waals surface area contributed by atoms with Crippen molar-refractivity contribution in [2.45, 2.75) is 26.7 Å². The molecule has 0 unspecified atom stereocenters. The maximum Gasteiger partial charge on any atom is 0.321 e. The molecular weight excluding hydrogens is 382 g/mol. The molecule has 0 saturated carbocycles. The number of anilines is 1. The van der Waals surface area contributed by atoms with E-state index in [0.29, 0.717) is 25.9 Å². The number of rotatable bonds is 4. The highest BCUT2D eigenvalue weighted by molar-refractivity contribution is 7.18. The van der Waals surface area contributed by atoms with E-state index in [1.54, 1.807) is 17.7 Å². The summed E-state index contributed by atoms with van der Waals surface area (Å²) in [5.74, 6) is -0.436. The summed E-state index contributed by atoms with van der Waals surface area (Å²) in [7, 11) is 1.40. The van der Waals surface area contributed by atoms with E-state index in [0.717, 1.165) is 16.0 Å². The lowest BCUT2D eigenvalue weighted by molar-refractivity contribution is -0.153. The van der Waals surface area contributed by atoms with E-state index in [4.69, 9.17) is 4.74 Å². The molecule has 1 fully saturated rings. The Balaban J connectivity index is 1.57. The van der Waals surface area contributed by atoms with Crippen LogP contribution in [0.3, 0.4) is 0 Å². The molecule has 9 nitrogen and oxygen atoms in total. The van der Waals surface area contributed by atoms with Gasteiger partial charge in [-0.3, -0.25) is 14.9 Å². The fraction of sp³-hybridized carbons (Fsp3) is 0.500. The van der Waals surface area contributed by atoms with Gasteiger partial charge in [0.1, 0.15) is 17.0 Å². The number of hydrogen-bond donors (Lipinski definition) is 2. The van der Waals surface area contributed by atoms with E-state index >= 15 is 0 Å². The summed E-state index contributed by atoms with van der Waals surface area (Å²) in [6.45, 7) is 5.03. The van der Waals surface area contributed by atoms with E-state index < -0.39 is 24.5 Å². The third-order valence-corrected chi connectivity index (χ3v) is 6.01. The van der Waals surface area contributed by atoms with Crippen LogP contribution in [0.25, 0.3) is 10.2 Å². The molecule has 0 spiro atoms. The average molecular weight is 405 g/mol. The minimum Gasteiger partial charge on any atom is -0.455 e. The number of thiophene rings is 1. The number of fused-ring (bicyclic) bond motifs is 1. The maximum absolute atomic E-state index is 12.2. The molecule has 3 amide bonds. The minimum absolute atomic E-state index is 0.272. The number of carbonyl (C=O) groups is 3. The largest absolute Gasteiger partial charge is 0.455 e. The number of aromatic nitrogens is 2. The lowest BCUT2D eigenvalue weighted by Gasteiger charge is -2.32. The summed E-state index contributed by atoms with van der Waals surface area (Å²) in [4.78, 5) is 48.0. The van der Waals surface area contributed by atoms with Crippen molar-refractivity contribution >= 4 is 45.3 Å². The first kappa shape index (κ1) is 20.0. The zero-order valence-corrected chi connectivity index (χ0v) is 16.9. The fourth-order valence-electron chi connectivity index (χ4n) is 3.21. The van der Waals surface area contributed by atoms with Gasteiger partial charge in [-0.2, -0.15) is 0 Å². The van der Waals surface area contributed by atoms with E-state index in [1.165, 1.54) is 17.5 Å². The zero-order valence-electron chi connectivity index (χ0n) is 16.1. The van der Waals surface area contributed by atoms with Crippen LogP contribution < -0.4 is 15.5 Å². The normalized spacial score (nSPS) is 14.8. The Morgan fingerprint density at radius 1 is 1.25 bits per heavy atom. The van der Waals surface area contributed by atoms with Gasteiger partial charge in [-0.1, -0.05) is 0 Å². The van der Waals surface area contributed by atoms with E-state index in [9.17, 15) is 14.4 Å². The second-order valence-corrected chi connectivity index (χ2v) is 7.86. The molecule has 1 aliphatic heterocycles. The molecule has 0 aliphatic carbocycles. The predicted molar refractivity (Wildman–Crippen MR) is 105 cm³/mol. The Morgan fingerprint density at radius 3 is 2.64 bits per heavy atom. The standard InChI is InChI=1S/C18H23N5O4S/c1-10-11(2)28-16-14(10)15(20-9-21-16)23-6-4-12(5-7-23)17(25)27-8-13(24)22-18(26)19-3/h9,12H,4-8H2,1-3H3,(H2,19,22,24,26). The second-order valence-electron chi connectivity index (χ2n) is 6.66. The molecule has 1 aliphatic rings. The number of ether oxygens (including phenoxy) is 1. The second kappa shape index (κ2) is 8.51. The third kappa shape index (κ3) is 4.22. The van der Waals surface area contributed by atoms with Gasteiger partial charge >= 0.3 is 12.0 Å². The molecule has 10 heteroatoms. The van der Waals surface area contributed by atoms with Crippen LogP contribution in [0, 0.1) is 19.8 Å². The quantitative estimate of drug-likeness (QED) is 0.742. The number of urea groups is 1. The number of esters is 1. The monoisotopic (exact) mass is 405 g/mol. The molecule has 0 bridgehead atoms. The molecular formula is C18H23N5O4S. The predicted octanol–water partition coefficient (Wildman–Crippen LogP) is 1.52. The van der Waals surface area contributed by atoms with Crippen molar-refractivity contribution < 1.29 is 19.1 Å². The number of imide groups is 1. The maximum atomic E-state index is 12.2. The summed E-state index contributed by atoms with van der Waals surface area (Å²) in [6.07, 6.45) is 2.81. The highest BCUT2D eigenvalue weighted by Crippen LogP contribution is 2.35. The third-order valence-electron chi connectivity index (χ3n) is 4.90. The highest BCUT2D eigenvalue weighted by atomic mass is 32.1. The van der Waals surface area contributed by atoms with E-state index in [2.05, 4.69) is 39.3 Å². The zero-order chi connectivity index (χ0) is 20.3. The number of piperidine rings is 1. The average Bonchev–Trinajstić information content (AvgIpc) is 3.00. The minimum atomic E-state index is -0.656. The lowest BCUT2D eigenvalue weighted by Crippen LogP contribution is -2.41. The molecule has 0 atom stereocenters. The van der Waals surface area contributed by atoms with E-state index in [1.807, 2.05) is 0 Å². The van der Waals surface area contributed by atoms with Gasteiger partial charge in [0.05, 0.1) is 11.3 Å². The smallest absolute Gasteiger partial charge is 0.321 e. The molecule has 1 saturated heterocycles. The molecule has 2 aromatic rings. The van der Waals surface area contributed by atoms with Crippen LogP contribution in [-0.4, -0.2) is 54.6 Å². The Hall–Kier alpha value is -2.75. The Kier molecular flexibility index (Phi) is 6.08. The lowest BCUT2D eigenvalue weighted by atomic mass is 9.97. The van der Waals surface area contributed by atoms with Gasteiger partial charge < -0.3 is 15.0 Å². The summed E-state index contributed by atoms with van der Waals surface area (Å²) in [5, 5.41) is 5.39. The fourth-order valence-corrected chi connectivity index (χ4v) is 4.20. The van der Waals surface area contributed by atoms with Crippen LogP contribution in [0.4, 0.5) is 10.6 Å². The van der Waals surface area contributed by atoms with Crippen LogP contribution in [0.1, 0.15) is 23.3 Å². The Labute approximate surface area is 166 Å². The van der Waals surface area contributed by atoms with Gasteiger partial charge in [-0.05, 0) is 32.3 Å². The van der Waals surface area contributed by atoms with Crippen molar-refractivity contribution in [1.82, 2.24) is 20.6 Å². The summed E-state index contributed by atoms with van der Waals surface area (Å²) in [5.41, 5.74) is 1.19. The van der Waals surface area contributed by atoms with Crippen molar-refractivity contribution in [2.75, 3.05) is 31.6 Å². The molecule has 2 N–H and O–H groups in total. The highest BCUT2D eigenvalue weighted by Gasteiger charge is 2.28. The van der Waals surface area contributed by atoms with Gasteiger partial charge in [0.25, 0.3) is 5.91 Å². The molecule has 2 aromatic heterocycles. The van der Waals surface area contributed by atoms with Gasteiger partial charge in [0.15, 0.2) is 6.61 Å². The van der Waals surface area contributed by atoms with E-state index in [-0.39, 0.29) is 5.92 Å². The number of aryl methyl sites for hydroxylation is 2. The summed E-state index contributed by atoms with van der Waals surface area (Å²) >= 11 is 1.66. The topological polar surface area (TPSA) is 114 Å². The van der Waals surface area contributed by atoms with Crippen molar-refractivity contribution in [3.8, 4) is 0 Å². The molecule has 28 heavy (non-hydrogen) atoms. The van der Waals surface area contributed by atoms with Gasteiger partial charge in [-0.15, -0.1) is 11.3 Å². The van der Waals surface area contributed by atoms with Crippen molar-refractivity contribution in [3.05, 3.63) is 16.8 Å². The number of amides is 3. The number of nitrogens with one attached hydrogen (secondary N) is 2. The molecule has 0 aromatic carbocycles. The van der Waals surface area contributed by atoms with Crippen molar-refractivity contribution in [2.24, 2.45) is 5.92 Å². The first-order valence-corrected chi connectivity index (χ1v) is 9.86. The van der Waals surface area contributed by atoms with Crippen LogP contribution in [0.2, 0.25) is 0 Å². The Bertz CT molecular complexity index is 905. The molecule has 0 radical (unpaired) electrons. The van der Waals surface area contributed by atoms with Gasteiger partial charge in [-0.25, -0.2) is 14.8 Å². The van der Waals surface area contributed by atoms with Crippen LogP contribution in [0.5, 0.6) is 0 Å². The summed E-state index contributed by atoms with van der Waals surface area (Å²) < 4.78 is 5.05. The number of carbonyl (C=O) groups excluding carboxylic acids is 3. The SMILES string of the molecule is CNC(=O)NC(=O)COC(=O)C1CCN(c2ncnc3sc(C)c(C)c23)CC1. The van der Waals surface area contributed by atoms with Crippen LogP contribution >= 0.6 is 11.3 Å². The van der Waals surface area contributed by atoms with Gasteiger partial charge in [0, 0.05) is 25.0 Å². The molecule has 3 rings (SSSR count). The van der Waals surface area contributed by atoms with Crippen LogP contribution in [0.15, 0.2) is 6.33 Å². The van der Waals surface area contributed by atoms with Crippen molar-refractivity contribution in [1.29, 1.82) is 0 Å². The first-order chi connectivity index (χ1) is 13.4. The van der Waals surface area contributed by atoms with Crippen molar-refractivity contribution in [3.63, 3.8) is 0 Å². The summed E-state index contributed by atoms with van der Waals surface area (Å²) in [6, 6.07) is -0.635. The first-order valence-electron chi connectivity index (χ1n) is 9.04. The molecule has 150 valence electrons. The molecule has 3 heterocycles. The number of nitrogens with zero attached hydrogens (tertiary/aromatic N) is 3. The Morgan fingerprint density at radius 2 is 1.96 bits per heavy atom. The number of hydrogen-bond acceptors (Lipinski definition) is 8. The van der Waals surface area contributed by atoms with Gasteiger partial charge in [0.2, 0.25) is 0 Å². The van der Waals surface area contributed by atoms with Crippen LogP contribution in [-0.2, 0) is 14.3 Å².